The molecule has 0 saturated heterocycles. The fourth-order valence-corrected chi connectivity index (χ4v) is 3.34. The van der Waals surface area contributed by atoms with E-state index in [0.717, 1.165) is 10.9 Å². The summed E-state index contributed by atoms with van der Waals surface area (Å²) in [6.07, 6.45) is 3.57. The topological polar surface area (TPSA) is 25.8 Å². The van der Waals surface area contributed by atoms with E-state index in [4.69, 9.17) is 0 Å². The van der Waals surface area contributed by atoms with Gasteiger partial charge in [-0.3, -0.25) is 0 Å². The van der Waals surface area contributed by atoms with Crippen molar-refractivity contribution in [1.29, 1.82) is 0 Å². The van der Waals surface area contributed by atoms with E-state index < -0.39 is 0 Å². The predicted molar refractivity (Wildman–Crippen MR) is 74.8 cm³/mol. The normalized spacial score (nSPS) is 24.2. The van der Waals surface area contributed by atoms with Crippen molar-refractivity contribution in [2.75, 3.05) is 0 Å². The van der Waals surface area contributed by atoms with Gasteiger partial charge in [0.05, 0.1) is 5.52 Å². The largest absolute Gasteiger partial charge is 0.244 e. The van der Waals surface area contributed by atoms with Crippen LogP contribution in [0.25, 0.3) is 10.9 Å². The molecule has 2 nitrogen and oxygen atoms in total. The monoisotopic (exact) mass is 240 g/mol. The molecule has 18 heavy (non-hydrogen) atoms. The Bertz CT molecular complexity index is 626. The highest BCUT2D eigenvalue weighted by Gasteiger charge is 2.51. The summed E-state index contributed by atoms with van der Waals surface area (Å²) in [5, 5.41) is 1.15. The first-order valence-electron chi connectivity index (χ1n) is 6.60. The number of rotatable bonds is 0. The minimum Gasteiger partial charge on any atom is -0.244 e. The predicted octanol–water partition coefficient (Wildman–Crippen LogP) is 4.05. The molecule has 0 aliphatic heterocycles. The Kier molecular flexibility index (Phi) is 2.14. The molecule has 1 unspecified atom stereocenters. The minimum atomic E-state index is 0.135. The van der Waals surface area contributed by atoms with Crippen LogP contribution in [0.4, 0.5) is 0 Å². The van der Waals surface area contributed by atoms with Crippen molar-refractivity contribution in [1.82, 2.24) is 9.97 Å². The van der Waals surface area contributed by atoms with Gasteiger partial charge in [0.2, 0.25) is 0 Å². The van der Waals surface area contributed by atoms with Gasteiger partial charge >= 0.3 is 0 Å². The second kappa shape index (κ2) is 3.31. The van der Waals surface area contributed by atoms with E-state index in [1.807, 2.05) is 6.20 Å². The van der Waals surface area contributed by atoms with Gasteiger partial charge in [-0.2, -0.15) is 0 Å². The van der Waals surface area contributed by atoms with Gasteiger partial charge in [0.1, 0.15) is 6.33 Å². The molecule has 0 spiro atoms. The summed E-state index contributed by atoms with van der Waals surface area (Å²) < 4.78 is 0. The zero-order valence-corrected chi connectivity index (χ0v) is 11.8. The highest BCUT2D eigenvalue weighted by molar-refractivity contribution is 5.84. The Morgan fingerprint density at radius 3 is 2.56 bits per heavy atom. The van der Waals surface area contributed by atoms with E-state index in [0.29, 0.717) is 5.92 Å². The molecule has 1 aliphatic rings. The Hall–Kier alpha value is -1.44. The molecule has 1 aromatic carbocycles. The van der Waals surface area contributed by atoms with Gasteiger partial charge in [0.15, 0.2) is 0 Å². The van der Waals surface area contributed by atoms with Crippen LogP contribution in [0.15, 0.2) is 24.7 Å². The van der Waals surface area contributed by atoms with E-state index in [1.54, 1.807) is 6.33 Å². The van der Waals surface area contributed by atoms with Gasteiger partial charge in [-0.1, -0.05) is 46.8 Å². The van der Waals surface area contributed by atoms with Crippen LogP contribution in [0, 0.1) is 5.41 Å². The van der Waals surface area contributed by atoms with Gasteiger partial charge in [-0.25, -0.2) is 9.97 Å². The van der Waals surface area contributed by atoms with Crippen LogP contribution in [0.1, 0.15) is 51.7 Å². The third-order valence-corrected chi connectivity index (χ3v) is 5.49. The average Bonchev–Trinajstić information content (AvgIpc) is 2.48. The summed E-state index contributed by atoms with van der Waals surface area (Å²) in [7, 11) is 0. The van der Waals surface area contributed by atoms with Crippen molar-refractivity contribution in [3.8, 4) is 0 Å². The lowest BCUT2D eigenvalue weighted by Gasteiger charge is -2.38. The molecule has 0 amide bonds. The Labute approximate surface area is 108 Å². The SMILES string of the molecule is CC1c2ccc3cncnc3c2C(C)(C)C1(C)C. The number of fused-ring (bicyclic) bond motifs is 3. The van der Waals surface area contributed by atoms with Crippen LogP contribution in [-0.2, 0) is 5.41 Å². The fourth-order valence-electron chi connectivity index (χ4n) is 3.34. The standard InChI is InChI=1S/C16H20N2/c1-10-12-7-6-11-8-17-9-18-14(11)13(12)16(4,5)15(10,2)3/h6-10H,1-5H3. The molecule has 94 valence electrons. The van der Waals surface area contributed by atoms with Crippen molar-refractivity contribution in [3.05, 3.63) is 35.8 Å². The molecule has 0 bridgehead atoms. The summed E-state index contributed by atoms with van der Waals surface area (Å²) >= 11 is 0. The lowest BCUT2D eigenvalue weighted by Crippen LogP contribution is -2.34. The Morgan fingerprint density at radius 1 is 1.11 bits per heavy atom. The smallest absolute Gasteiger partial charge is 0.116 e. The minimum absolute atomic E-state index is 0.135. The van der Waals surface area contributed by atoms with Crippen molar-refractivity contribution < 1.29 is 0 Å². The lowest BCUT2D eigenvalue weighted by atomic mass is 9.65. The summed E-state index contributed by atoms with van der Waals surface area (Å²) in [5.74, 6) is 0.557. The van der Waals surface area contributed by atoms with Gasteiger partial charge in [-0.05, 0) is 27.9 Å². The highest BCUT2D eigenvalue weighted by Crippen LogP contribution is 2.59. The maximum absolute atomic E-state index is 4.54. The van der Waals surface area contributed by atoms with Gasteiger partial charge < -0.3 is 0 Å². The zero-order valence-electron chi connectivity index (χ0n) is 11.8. The van der Waals surface area contributed by atoms with E-state index in [1.165, 1.54) is 11.1 Å². The summed E-state index contributed by atoms with van der Waals surface area (Å²) in [5.41, 5.74) is 4.38. The van der Waals surface area contributed by atoms with Crippen LogP contribution in [0.3, 0.4) is 0 Å². The van der Waals surface area contributed by atoms with Crippen molar-refractivity contribution in [2.24, 2.45) is 5.41 Å². The first kappa shape index (κ1) is 11.6. The lowest BCUT2D eigenvalue weighted by molar-refractivity contribution is 0.191. The summed E-state index contributed by atoms with van der Waals surface area (Å²) in [6.45, 7) is 11.8. The fraction of sp³-hybridized carbons (Fsp3) is 0.500. The average molecular weight is 240 g/mol. The molecule has 2 heteroatoms. The van der Waals surface area contributed by atoms with Crippen LogP contribution in [-0.4, -0.2) is 9.97 Å². The molecular formula is C16H20N2. The van der Waals surface area contributed by atoms with Crippen molar-refractivity contribution >= 4 is 10.9 Å². The number of hydrogen-bond donors (Lipinski definition) is 0. The summed E-state index contributed by atoms with van der Waals surface area (Å²) in [4.78, 5) is 8.67. The number of nitrogens with zero attached hydrogens (tertiary/aromatic N) is 2. The van der Waals surface area contributed by atoms with Gasteiger partial charge in [0.25, 0.3) is 0 Å². The van der Waals surface area contributed by atoms with Crippen LogP contribution in [0.2, 0.25) is 0 Å². The molecule has 0 N–H and O–H groups in total. The van der Waals surface area contributed by atoms with E-state index >= 15 is 0 Å². The Balaban J connectivity index is 2.44. The van der Waals surface area contributed by atoms with Gasteiger partial charge in [-0.15, -0.1) is 0 Å². The van der Waals surface area contributed by atoms with Crippen molar-refractivity contribution in [2.45, 2.75) is 46.0 Å². The Morgan fingerprint density at radius 2 is 1.83 bits per heavy atom. The number of hydrogen-bond acceptors (Lipinski definition) is 2. The number of aromatic nitrogens is 2. The third-order valence-electron chi connectivity index (χ3n) is 5.49. The molecule has 0 fully saturated rings. The molecule has 0 radical (unpaired) electrons. The summed E-state index contributed by atoms with van der Waals surface area (Å²) in [6, 6.07) is 4.42. The maximum Gasteiger partial charge on any atom is 0.116 e. The van der Waals surface area contributed by atoms with Crippen LogP contribution >= 0.6 is 0 Å². The zero-order chi connectivity index (χ0) is 13.1. The molecule has 1 aliphatic carbocycles. The van der Waals surface area contributed by atoms with E-state index in [-0.39, 0.29) is 10.8 Å². The first-order valence-corrected chi connectivity index (χ1v) is 6.60. The number of benzene rings is 1. The molecule has 1 aromatic heterocycles. The molecular weight excluding hydrogens is 220 g/mol. The van der Waals surface area contributed by atoms with E-state index in [9.17, 15) is 0 Å². The van der Waals surface area contributed by atoms with Crippen LogP contribution < -0.4 is 0 Å². The van der Waals surface area contributed by atoms with Gasteiger partial charge in [0, 0.05) is 11.6 Å². The second-order valence-electron chi connectivity index (χ2n) is 6.56. The molecule has 3 rings (SSSR count). The molecule has 0 saturated carbocycles. The second-order valence-corrected chi connectivity index (χ2v) is 6.56. The maximum atomic E-state index is 4.54. The molecule has 1 heterocycles. The van der Waals surface area contributed by atoms with Crippen molar-refractivity contribution in [3.63, 3.8) is 0 Å². The van der Waals surface area contributed by atoms with E-state index in [2.05, 4.69) is 56.7 Å². The quantitative estimate of drug-likeness (QED) is 0.694. The first-order chi connectivity index (χ1) is 8.37. The van der Waals surface area contributed by atoms with Crippen LogP contribution in [0.5, 0.6) is 0 Å². The third kappa shape index (κ3) is 1.18. The molecule has 1 atom stereocenters. The highest BCUT2D eigenvalue weighted by atomic mass is 14.8. The molecule has 2 aromatic rings.